The van der Waals surface area contributed by atoms with Gasteiger partial charge in [-0.05, 0) is 32.4 Å². The van der Waals surface area contributed by atoms with Gasteiger partial charge in [0.05, 0.1) is 0 Å². The minimum absolute atomic E-state index is 0.139. The van der Waals surface area contributed by atoms with Gasteiger partial charge in [-0.25, -0.2) is 4.39 Å². The summed E-state index contributed by atoms with van der Waals surface area (Å²) in [5.74, 6) is 0.0116. The molecule has 0 saturated carbocycles. The third kappa shape index (κ3) is 1.72. The molecule has 1 atom stereocenters. The van der Waals surface area contributed by atoms with Gasteiger partial charge >= 0.3 is 0 Å². The molecule has 0 fully saturated rings. The van der Waals surface area contributed by atoms with E-state index in [9.17, 15) is 4.39 Å². The normalized spacial score (nSPS) is 23.1. The van der Waals surface area contributed by atoms with E-state index >= 15 is 0 Å². The molecule has 2 rings (SSSR count). The van der Waals surface area contributed by atoms with Gasteiger partial charge in [0.25, 0.3) is 0 Å². The van der Waals surface area contributed by atoms with Crippen LogP contribution in [0.25, 0.3) is 0 Å². The van der Waals surface area contributed by atoms with Crippen molar-refractivity contribution >= 4 is 0 Å². The van der Waals surface area contributed by atoms with Gasteiger partial charge < -0.3 is 10.5 Å². The van der Waals surface area contributed by atoms with E-state index < -0.39 is 0 Å². The Morgan fingerprint density at radius 3 is 2.80 bits per heavy atom. The number of hydrogen-bond donors (Lipinski definition) is 1. The number of aryl methyl sites for hydroxylation is 1. The van der Waals surface area contributed by atoms with E-state index in [0.717, 1.165) is 11.1 Å². The van der Waals surface area contributed by atoms with Crippen LogP contribution in [0.5, 0.6) is 5.75 Å². The van der Waals surface area contributed by atoms with Crippen LogP contribution in [0.3, 0.4) is 0 Å². The number of nitrogens with two attached hydrogens (primary N) is 1. The zero-order valence-electron chi connectivity index (χ0n) is 9.30. The lowest BCUT2D eigenvalue weighted by Gasteiger charge is -2.37. The fourth-order valence-electron chi connectivity index (χ4n) is 2.19. The monoisotopic (exact) mass is 209 g/mol. The van der Waals surface area contributed by atoms with E-state index in [1.54, 1.807) is 6.07 Å². The van der Waals surface area contributed by atoms with Crippen molar-refractivity contribution in [3.05, 3.63) is 29.1 Å². The second-order valence-electron chi connectivity index (χ2n) is 4.78. The molecule has 1 heterocycles. The Kier molecular flexibility index (Phi) is 2.23. The number of benzene rings is 1. The smallest absolute Gasteiger partial charge is 0.165 e. The van der Waals surface area contributed by atoms with Crippen LogP contribution in [0.15, 0.2) is 12.1 Å². The van der Waals surface area contributed by atoms with Crippen LogP contribution in [-0.2, 0) is 0 Å². The van der Waals surface area contributed by atoms with E-state index in [2.05, 4.69) is 0 Å². The van der Waals surface area contributed by atoms with Gasteiger partial charge in [0.2, 0.25) is 0 Å². The molecule has 0 saturated heterocycles. The predicted octanol–water partition coefficient (Wildman–Crippen LogP) is 2.70. The Morgan fingerprint density at radius 1 is 1.47 bits per heavy atom. The van der Waals surface area contributed by atoms with Crippen molar-refractivity contribution in [2.75, 3.05) is 0 Å². The quantitative estimate of drug-likeness (QED) is 0.713. The summed E-state index contributed by atoms with van der Waals surface area (Å²) in [5, 5.41) is 0. The van der Waals surface area contributed by atoms with Crippen molar-refractivity contribution in [1.82, 2.24) is 0 Å². The molecule has 2 nitrogen and oxygen atoms in total. The highest BCUT2D eigenvalue weighted by atomic mass is 19.1. The maximum Gasteiger partial charge on any atom is 0.165 e. The third-order valence-corrected chi connectivity index (χ3v) is 2.83. The summed E-state index contributed by atoms with van der Waals surface area (Å²) in [6.45, 7) is 5.79. The average molecular weight is 209 g/mol. The molecular formula is C12H16FNO. The lowest BCUT2D eigenvalue weighted by molar-refractivity contribution is 0.0671. The Hall–Kier alpha value is -1.09. The molecule has 1 aromatic rings. The molecule has 15 heavy (non-hydrogen) atoms. The largest absolute Gasteiger partial charge is 0.484 e. The second-order valence-corrected chi connectivity index (χ2v) is 4.78. The fourth-order valence-corrected chi connectivity index (χ4v) is 2.19. The Morgan fingerprint density at radius 2 is 2.13 bits per heavy atom. The molecule has 0 radical (unpaired) electrons. The molecule has 1 aliphatic heterocycles. The van der Waals surface area contributed by atoms with Crippen molar-refractivity contribution in [1.29, 1.82) is 0 Å². The number of halogens is 1. The van der Waals surface area contributed by atoms with Crippen LogP contribution >= 0.6 is 0 Å². The molecular weight excluding hydrogens is 193 g/mol. The molecule has 0 bridgehead atoms. The highest BCUT2D eigenvalue weighted by molar-refractivity contribution is 5.45. The lowest BCUT2D eigenvalue weighted by atomic mass is 9.88. The molecule has 0 aromatic heterocycles. The summed E-state index contributed by atoms with van der Waals surface area (Å²) in [6, 6.07) is 3.04. The van der Waals surface area contributed by atoms with Gasteiger partial charge in [-0.1, -0.05) is 6.07 Å². The Bertz CT molecular complexity index is 401. The van der Waals surface area contributed by atoms with E-state index in [1.807, 2.05) is 20.8 Å². The topological polar surface area (TPSA) is 35.2 Å². The van der Waals surface area contributed by atoms with Crippen LogP contribution in [0, 0.1) is 12.7 Å². The summed E-state index contributed by atoms with van der Waals surface area (Å²) in [5.41, 5.74) is 7.47. The van der Waals surface area contributed by atoms with Gasteiger partial charge in [-0.2, -0.15) is 0 Å². The summed E-state index contributed by atoms with van der Waals surface area (Å²) >= 11 is 0. The third-order valence-electron chi connectivity index (χ3n) is 2.83. The fraction of sp³-hybridized carbons (Fsp3) is 0.500. The van der Waals surface area contributed by atoms with E-state index in [4.69, 9.17) is 10.5 Å². The van der Waals surface area contributed by atoms with E-state index in [1.165, 1.54) is 6.07 Å². The molecule has 2 N–H and O–H groups in total. The zero-order valence-corrected chi connectivity index (χ0v) is 9.30. The van der Waals surface area contributed by atoms with Crippen LogP contribution in [0.2, 0.25) is 0 Å². The Labute approximate surface area is 89.2 Å². The summed E-state index contributed by atoms with van der Waals surface area (Å²) in [6.07, 6.45) is 0.713. The first-order valence-corrected chi connectivity index (χ1v) is 5.14. The van der Waals surface area contributed by atoms with E-state index in [-0.39, 0.29) is 17.5 Å². The molecule has 3 heteroatoms. The minimum atomic E-state index is -0.388. The average Bonchev–Trinajstić information content (AvgIpc) is 2.09. The van der Waals surface area contributed by atoms with Crippen molar-refractivity contribution in [2.24, 2.45) is 5.73 Å². The summed E-state index contributed by atoms with van der Waals surface area (Å²) in [7, 11) is 0. The molecule has 1 aromatic carbocycles. The summed E-state index contributed by atoms with van der Waals surface area (Å²) in [4.78, 5) is 0. The highest BCUT2D eigenvalue weighted by Gasteiger charge is 2.34. The van der Waals surface area contributed by atoms with Crippen LogP contribution < -0.4 is 10.5 Å². The second kappa shape index (κ2) is 3.20. The number of rotatable bonds is 0. The first kappa shape index (κ1) is 10.4. The highest BCUT2D eigenvalue weighted by Crippen LogP contribution is 2.41. The molecule has 0 amide bonds. The molecule has 1 unspecified atom stereocenters. The first-order valence-electron chi connectivity index (χ1n) is 5.14. The van der Waals surface area contributed by atoms with Gasteiger partial charge in [-0.15, -0.1) is 0 Å². The van der Waals surface area contributed by atoms with E-state index in [0.29, 0.717) is 12.2 Å². The molecule has 0 spiro atoms. The SMILES string of the molecule is Cc1ccc(F)c2c1C(N)CC(C)(C)O2. The van der Waals surface area contributed by atoms with Crippen molar-refractivity contribution in [2.45, 2.75) is 38.8 Å². The predicted molar refractivity (Wildman–Crippen MR) is 57.4 cm³/mol. The maximum absolute atomic E-state index is 13.6. The first-order chi connectivity index (χ1) is 6.91. The van der Waals surface area contributed by atoms with Gasteiger partial charge in [-0.3, -0.25) is 0 Å². The van der Waals surface area contributed by atoms with Crippen LogP contribution in [0.1, 0.15) is 37.4 Å². The standard InChI is InChI=1S/C12H16FNO/c1-7-4-5-8(13)11-10(7)9(14)6-12(2,3)15-11/h4-5,9H,6,14H2,1-3H3. The number of ether oxygens (including phenoxy) is 1. The molecule has 0 aliphatic carbocycles. The Balaban J connectivity index is 2.59. The van der Waals surface area contributed by atoms with Gasteiger partial charge in [0, 0.05) is 18.0 Å². The van der Waals surface area contributed by atoms with Crippen LogP contribution in [-0.4, -0.2) is 5.60 Å². The number of hydrogen-bond acceptors (Lipinski definition) is 2. The zero-order chi connectivity index (χ0) is 11.2. The molecule has 82 valence electrons. The molecule has 1 aliphatic rings. The van der Waals surface area contributed by atoms with Gasteiger partial charge in [0.1, 0.15) is 5.60 Å². The minimum Gasteiger partial charge on any atom is -0.484 e. The van der Waals surface area contributed by atoms with Crippen molar-refractivity contribution in [3.8, 4) is 5.75 Å². The summed E-state index contributed by atoms with van der Waals surface area (Å²) < 4.78 is 19.2. The van der Waals surface area contributed by atoms with Gasteiger partial charge in [0.15, 0.2) is 11.6 Å². The maximum atomic E-state index is 13.6. The number of fused-ring (bicyclic) bond motifs is 1. The lowest BCUT2D eigenvalue weighted by Crippen LogP contribution is -2.38. The van der Waals surface area contributed by atoms with Crippen molar-refractivity contribution in [3.63, 3.8) is 0 Å². The van der Waals surface area contributed by atoms with Crippen molar-refractivity contribution < 1.29 is 9.13 Å². The van der Waals surface area contributed by atoms with Crippen LogP contribution in [0.4, 0.5) is 4.39 Å².